The molecule has 0 amide bonds. The van der Waals surface area contributed by atoms with Gasteiger partial charge in [0.15, 0.2) is 0 Å². The van der Waals surface area contributed by atoms with E-state index in [-0.39, 0.29) is 6.10 Å². The Morgan fingerprint density at radius 2 is 2.26 bits per heavy atom. The van der Waals surface area contributed by atoms with Gasteiger partial charge in [-0.05, 0) is 37.6 Å². The number of hydrogen-bond acceptors (Lipinski definition) is 4. The summed E-state index contributed by atoms with van der Waals surface area (Å²) in [5, 5.41) is 3.38. The van der Waals surface area contributed by atoms with Crippen LogP contribution in [0.25, 0.3) is 0 Å². The molecule has 1 aromatic heterocycles. The quantitative estimate of drug-likeness (QED) is 0.881. The average Bonchev–Trinajstić information content (AvgIpc) is 2.44. The van der Waals surface area contributed by atoms with Crippen molar-refractivity contribution in [1.82, 2.24) is 10.3 Å². The van der Waals surface area contributed by atoms with E-state index >= 15 is 0 Å². The standard InChI is InChI=1S/C15H25N3O/c1-4-14-8-13(10-16-5-2)9-15(17-14)18-6-7-19-12(3)11-18/h8-9,12,16H,4-7,10-11H2,1-3H3. The van der Waals surface area contributed by atoms with Crippen LogP contribution in [0.2, 0.25) is 0 Å². The van der Waals surface area contributed by atoms with Gasteiger partial charge in [-0.1, -0.05) is 13.8 Å². The topological polar surface area (TPSA) is 37.4 Å². The fourth-order valence-corrected chi connectivity index (χ4v) is 2.37. The van der Waals surface area contributed by atoms with Gasteiger partial charge in [-0.15, -0.1) is 0 Å². The summed E-state index contributed by atoms with van der Waals surface area (Å²) in [4.78, 5) is 7.10. The van der Waals surface area contributed by atoms with Crippen molar-refractivity contribution in [3.05, 3.63) is 23.4 Å². The molecule has 1 aliphatic heterocycles. The highest BCUT2D eigenvalue weighted by Gasteiger charge is 2.18. The summed E-state index contributed by atoms with van der Waals surface area (Å²) in [5.41, 5.74) is 2.49. The molecule has 4 nitrogen and oxygen atoms in total. The van der Waals surface area contributed by atoms with Gasteiger partial charge in [0.05, 0.1) is 12.7 Å². The Kier molecular flexibility index (Phi) is 5.16. The Labute approximate surface area is 116 Å². The molecule has 106 valence electrons. The molecule has 4 heteroatoms. The third-order valence-electron chi connectivity index (χ3n) is 3.43. The lowest BCUT2D eigenvalue weighted by atomic mass is 10.1. The number of pyridine rings is 1. The second kappa shape index (κ2) is 6.87. The maximum atomic E-state index is 5.60. The van der Waals surface area contributed by atoms with Crippen molar-refractivity contribution in [3.63, 3.8) is 0 Å². The highest BCUT2D eigenvalue weighted by Crippen LogP contribution is 2.18. The summed E-state index contributed by atoms with van der Waals surface area (Å²) in [6, 6.07) is 4.41. The summed E-state index contributed by atoms with van der Waals surface area (Å²) >= 11 is 0. The molecule has 1 aromatic rings. The second-order valence-electron chi connectivity index (χ2n) is 5.09. The number of nitrogens with zero attached hydrogens (tertiary/aromatic N) is 2. The first-order valence-corrected chi connectivity index (χ1v) is 7.30. The van der Waals surface area contributed by atoms with E-state index in [1.165, 1.54) is 11.3 Å². The molecule has 1 unspecified atom stereocenters. The molecule has 0 aromatic carbocycles. The van der Waals surface area contributed by atoms with Gasteiger partial charge in [0.25, 0.3) is 0 Å². The summed E-state index contributed by atoms with van der Waals surface area (Å²) < 4.78 is 5.60. The molecule has 0 saturated carbocycles. The highest BCUT2D eigenvalue weighted by molar-refractivity contribution is 5.43. The molecular formula is C15H25N3O. The molecule has 0 bridgehead atoms. The molecule has 0 spiro atoms. The van der Waals surface area contributed by atoms with Crippen LogP contribution in [-0.4, -0.2) is 37.3 Å². The van der Waals surface area contributed by atoms with E-state index in [2.05, 4.69) is 43.1 Å². The van der Waals surface area contributed by atoms with Crippen LogP contribution >= 0.6 is 0 Å². The van der Waals surface area contributed by atoms with Crippen molar-refractivity contribution < 1.29 is 4.74 Å². The zero-order valence-corrected chi connectivity index (χ0v) is 12.3. The number of morpholine rings is 1. The number of rotatable bonds is 5. The maximum absolute atomic E-state index is 5.60. The van der Waals surface area contributed by atoms with Crippen molar-refractivity contribution in [1.29, 1.82) is 0 Å². The Bertz CT molecular complexity index is 408. The Hall–Kier alpha value is -1.13. The lowest BCUT2D eigenvalue weighted by Crippen LogP contribution is -2.41. The van der Waals surface area contributed by atoms with Gasteiger partial charge in [-0.3, -0.25) is 0 Å². The molecule has 1 fully saturated rings. The Balaban J connectivity index is 2.17. The van der Waals surface area contributed by atoms with Crippen molar-refractivity contribution in [2.45, 2.75) is 39.8 Å². The van der Waals surface area contributed by atoms with Crippen LogP contribution in [0.5, 0.6) is 0 Å². The van der Waals surface area contributed by atoms with Crippen LogP contribution in [0.3, 0.4) is 0 Å². The Morgan fingerprint density at radius 3 is 2.95 bits per heavy atom. The summed E-state index contributed by atoms with van der Waals surface area (Å²) in [6.45, 7) is 11.0. The lowest BCUT2D eigenvalue weighted by Gasteiger charge is -2.32. The number of ether oxygens (including phenoxy) is 1. The smallest absolute Gasteiger partial charge is 0.129 e. The lowest BCUT2D eigenvalue weighted by molar-refractivity contribution is 0.0529. The SMILES string of the molecule is CCNCc1cc(CC)nc(N2CCOC(C)C2)c1. The molecule has 0 aliphatic carbocycles. The van der Waals surface area contributed by atoms with Gasteiger partial charge in [-0.2, -0.15) is 0 Å². The molecule has 2 rings (SSSR count). The first-order chi connectivity index (χ1) is 9.22. The second-order valence-corrected chi connectivity index (χ2v) is 5.09. The van der Waals surface area contributed by atoms with Crippen molar-refractivity contribution in [2.75, 3.05) is 31.1 Å². The zero-order chi connectivity index (χ0) is 13.7. The minimum Gasteiger partial charge on any atom is -0.375 e. The van der Waals surface area contributed by atoms with Crippen LogP contribution < -0.4 is 10.2 Å². The fourth-order valence-electron chi connectivity index (χ4n) is 2.37. The van der Waals surface area contributed by atoms with Gasteiger partial charge < -0.3 is 15.0 Å². The monoisotopic (exact) mass is 263 g/mol. The molecule has 1 saturated heterocycles. The maximum Gasteiger partial charge on any atom is 0.129 e. The summed E-state index contributed by atoms with van der Waals surface area (Å²) in [5.74, 6) is 1.10. The molecule has 1 aliphatic rings. The van der Waals surface area contributed by atoms with E-state index < -0.39 is 0 Å². The van der Waals surface area contributed by atoms with Crippen molar-refractivity contribution >= 4 is 5.82 Å². The molecule has 1 N–H and O–H groups in total. The molecule has 1 atom stereocenters. The summed E-state index contributed by atoms with van der Waals surface area (Å²) in [7, 11) is 0. The van der Waals surface area contributed by atoms with E-state index in [1.807, 2.05) is 0 Å². The van der Waals surface area contributed by atoms with E-state index in [9.17, 15) is 0 Å². The number of aryl methyl sites for hydroxylation is 1. The van der Waals surface area contributed by atoms with E-state index in [4.69, 9.17) is 9.72 Å². The third kappa shape index (κ3) is 3.91. The van der Waals surface area contributed by atoms with Crippen LogP contribution in [-0.2, 0) is 17.7 Å². The molecule has 0 radical (unpaired) electrons. The van der Waals surface area contributed by atoms with Gasteiger partial charge in [0.2, 0.25) is 0 Å². The molecule has 19 heavy (non-hydrogen) atoms. The third-order valence-corrected chi connectivity index (χ3v) is 3.43. The van der Waals surface area contributed by atoms with Gasteiger partial charge in [0.1, 0.15) is 5.82 Å². The minimum atomic E-state index is 0.290. The molecule has 2 heterocycles. The van der Waals surface area contributed by atoms with Crippen molar-refractivity contribution in [2.24, 2.45) is 0 Å². The number of nitrogens with one attached hydrogen (secondary N) is 1. The predicted octanol–water partition coefficient (Wildman–Crippen LogP) is 1.98. The van der Waals surface area contributed by atoms with Gasteiger partial charge in [0, 0.05) is 25.3 Å². The zero-order valence-electron chi connectivity index (χ0n) is 12.3. The van der Waals surface area contributed by atoms with Crippen LogP contribution in [0.1, 0.15) is 32.0 Å². The largest absolute Gasteiger partial charge is 0.375 e. The molecular weight excluding hydrogens is 238 g/mol. The number of anilines is 1. The van der Waals surface area contributed by atoms with E-state index in [0.717, 1.165) is 45.0 Å². The van der Waals surface area contributed by atoms with Crippen molar-refractivity contribution in [3.8, 4) is 0 Å². The van der Waals surface area contributed by atoms with Crippen LogP contribution in [0.4, 0.5) is 5.82 Å². The first kappa shape index (κ1) is 14.3. The minimum absolute atomic E-state index is 0.290. The normalized spacial score (nSPS) is 19.7. The predicted molar refractivity (Wildman–Crippen MR) is 78.6 cm³/mol. The Morgan fingerprint density at radius 1 is 1.42 bits per heavy atom. The fraction of sp³-hybridized carbons (Fsp3) is 0.667. The summed E-state index contributed by atoms with van der Waals surface area (Å²) in [6.07, 6.45) is 1.27. The average molecular weight is 263 g/mol. The van der Waals surface area contributed by atoms with Gasteiger partial charge >= 0.3 is 0 Å². The first-order valence-electron chi connectivity index (χ1n) is 7.30. The van der Waals surface area contributed by atoms with Crippen LogP contribution in [0, 0.1) is 0 Å². The van der Waals surface area contributed by atoms with E-state index in [1.54, 1.807) is 0 Å². The van der Waals surface area contributed by atoms with Gasteiger partial charge in [-0.25, -0.2) is 4.98 Å². The van der Waals surface area contributed by atoms with Crippen LogP contribution in [0.15, 0.2) is 12.1 Å². The van der Waals surface area contributed by atoms with E-state index in [0.29, 0.717) is 0 Å². The number of hydrogen-bond donors (Lipinski definition) is 1. The number of aromatic nitrogens is 1. The highest BCUT2D eigenvalue weighted by atomic mass is 16.5.